The summed E-state index contributed by atoms with van der Waals surface area (Å²) in [5.74, 6) is -1.49. The van der Waals surface area contributed by atoms with Crippen molar-refractivity contribution in [1.29, 1.82) is 0 Å². The van der Waals surface area contributed by atoms with Crippen LogP contribution in [0.4, 0.5) is 8.78 Å². The number of pyridine rings is 1. The molecule has 0 N–H and O–H groups in total. The molecule has 7 nitrogen and oxygen atoms in total. The number of aromatic nitrogens is 1. The molecule has 2 aromatic carbocycles. The van der Waals surface area contributed by atoms with Crippen molar-refractivity contribution in [2.24, 2.45) is 0 Å². The van der Waals surface area contributed by atoms with Gasteiger partial charge in [0, 0.05) is 25.4 Å². The minimum absolute atomic E-state index is 0.158. The highest BCUT2D eigenvalue weighted by Gasteiger charge is 2.31. The third-order valence-electron chi connectivity index (χ3n) is 5.86. The molecule has 0 saturated carbocycles. The molecule has 0 unspecified atom stereocenters. The van der Waals surface area contributed by atoms with E-state index < -0.39 is 23.6 Å². The zero-order chi connectivity index (χ0) is 25.5. The second-order valence-electron chi connectivity index (χ2n) is 8.61. The number of amides is 2. The smallest absolute Gasteiger partial charge is 0.242 e. The van der Waals surface area contributed by atoms with Gasteiger partial charge in [-0.15, -0.1) is 0 Å². The van der Waals surface area contributed by atoms with Crippen molar-refractivity contribution >= 4 is 11.8 Å². The Morgan fingerprint density at radius 1 is 1.03 bits per heavy atom. The van der Waals surface area contributed by atoms with Gasteiger partial charge in [0.05, 0.1) is 45.0 Å². The lowest BCUT2D eigenvalue weighted by atomic mass is 10.1. The molecule has 1 aliphatic rings. The summed E-state index contributed by atoms with van der Waals surface area (Å²) in [4.78, 5) is 33.5. The van der Waals surface area contributed by atoms with Crippen LogP contribution in [0.5, 0.6) is 5.75 Å². The molecule has 1 fully saturated rings. The van der Waals surface area contributed by atoms with Crippen LogP contribution in [-0.4, -0.2) is 59.4 Å². The van der Waals surface area contributed by atoms with Crippen molar-refractivity contribution in [3.8, 4) is 5.75 Å². The lowest BCUT2D eigenvalue weighted by molar-refractivity contribution is -0.138. The summed E-state index contributed by atoms with van der Waals surface area (Å²) in [5.41, 5.74) is 1.80. The van der Waals surface area contributed by atoms with Crippen molar-refractivity contribution < 1.29 is 27.8 Å². The molecule has 3 aromatic rings. The number of carbonyl (C=O) groups excluding carboxylic acids is 2. The van der Waals surface area contributed by atoms with E-state index in [0.29, 0.717) is 11.4 Å². The van der Waals surface area contributed by atoms with Crippen molar-refractivity contribution in [3.63, 3.8) is 0 Å². The van der Waals surface area contributed by atoms with Crippen LogP contribution in [0.25, 0.3) is 0 Å². The Hall–Kier alpha value is -3.85. The van der Waals surface area contributed by atoms with Crippen molar-refractivity contribution in [3.05, 3.63) is 95.3 Å². The van der Waals surface area contributed by atoms with Crippen LogP contribution >= 0.6 is 0 Å². The zero-order valence-electron chi connectivity index (χ0n) is 19.9. The highest BCUT2D eigenvalue weighted by Crippen LogP contribution is 2.18. The predicted molar refractivity (Wildman–Crippen MR) is 128 cm³/mol. The van der Waals surface area contributed by atoms with E-state index in [1.165, 1.54) is 4.90 Å². The lowest BCUT2D eigenvalue weighted by Crippen LogP contribution is -2.40. The first-order chi connectivity index (χ1) is 17.4. The van der Waals surface area contributed by atoms with Gasteiger partial charge in [0.2, 0.25) is 11.8 Å². The molecule has 2 heterocycles. The summed E-state index contributed by atoms with van der Waals surface area (Å²) in [6.07, 6.45) is 0.937. The molecular weight excluding hydrogens is 468 g/mol. The van der Waals surface area contributed by atoms with E-state index in [0.717, 1.165) is 23.8 Å². The van der Waals surface area contributed by atoms with Gasteiger partial charge in [-0.25, -0.2) is 8.78 Å². The molecule has 1 atom stereocenters. The monoisotopic (exact) mass is 495 g/mol. The minimum Gasteiger partial charge on any atom is -0.497 e. The average molecular weight is 496 g/mol. The number of hydrogen-bond donors (Lipinski definition) is 0. The van der Waals surface area contributed by atoms with Gasteiger partial charge in [0.25, 0.3) is 0 Å². The Morgan fingerprint density at radius 3 is 2.56 bits per heavy atom. The van der Waals surface area contributed by atoms with Crippen LogP contribution < -0.4 is 4.74 Å². The number of nitrogens with zero attached hydrogens (tertiary/aromatic N) is 3. The average Bonchev–Trinajstić information content (AvgIpc) is 3.01. The Labute approximate surface area is 208 Å². The highest BCUT2D eigenvalue weighted by atomic mass is 19.1. The maximum absolute atomic E-state index is 13.6. The number of carbonyl (C=O) groups is 2. The van der Waals surface area contributed by atoms with Gasteiger partial charge < -0.3 is 19.3 Å². The molecule has 1 aromatic heterocycles. The van der Waals surface area contributed by atoms with Crippen LogP contribution in [0.2, 0.25) is 0 Å². The van der Waals surface area contributed by atoms with Crippen LogP contribution in [0.15, 0.2) is 66.9 Å². The van der Waals surface area contributed by atoms with Crippen LogP contribution in [-0.2, 0) is 33.9 Å². The number of halogens is 2. The first kappa shape index (κ1) is 25.2. The summed E-state index contributed by atoms with van der Waals surface area (Å²) in [7, 11) is 1.58. The van der Waals surface area contributed by atoms with Crippen LogP contribution in [0, 0.1) is 11.6 Å². The summed E-state index contributed by atoms with van der Waals surface area (Å²) in [5, 5.41) is 0. The number of benzene rings is 2. The van der Waals surface area contributed by atoms with Crippen LogP contribution in [0.3, 0.4) is 0 Å². The molecule has 1 saturated heterocycles. The molecule has 0 spiro atoms. The minimum atomic E-state index is -0.759. The van der Waals surface area contributed by atoms with Gasteiger partial charge in [0.15, 0.2) is 0 Å². The number of ether oxygens (including phenoxy) is 2. The third kappa shape index (κ3) is 6.85. The van der Waals surface area contributed by atoms with Crippen molar-refractivity contribution in [1.82, 2.24) is 14.8 Å². The summed E-state index contributed by atoms with van der Waals surface area (Å²) in [6, 6.07) is 15.9. The fraction of sp³-hybridized carbons (Fsp3) is 0.296. The molecular formula is C27H27F2N3O4. The molecule has 36 heavy (non-hydrogen) atoms. The van der Waals surface area contributed by atoms with Gasteiger partial charge >= 0.3 is 0 Å². The van der Waals surface area contributed by atoms with E-state index in [1.54, 1.807) is 24.3 Å². The SMILES string of the molecule is COc1cccc(CO[C@@H]2CN(C(=O)Cc3cc(F)cc(F)c3)CC(=O)N(Cc3ccccn3)C2)c1. The molecule has 188 valence electrons. The normalized spacial score (nSPS) is 16.1. The quantitative estimate of drug-likeness (QED) is 0.479. The first-order valence-electron chi connectivity index (χ1n) is 11.5. The van der Waals surface area contributed by atoms with Gasteiger partial charge in [-0.2, -0.15) is 0 Å². The van der Waals surface area contributed by atoms with Crippen LogP contribution in [0.1, 0.15) is 16.8 Å². The highest BCUT2D eigenvalue weighted by molar-refractivity contribution is 5.86. The molecule has 0 aliphatic carbocycles. The molecule has 2 amide bonds. The second kappa shape index (κ2) is 11.7. The van der Waals surface area contributed by atoms with Crippen molar-refractivity contribution in [2.45, 2.75) is 25.7 Å². The van der Waals surface area contributed by atoms with E-state index in [4.69, 9.17) is 9.47 Å². The van der Waals surface area contributed by atoms with E-state index in [2.05, 4.69) is 4.98 Å². The standard InChI is InChI=1S/C27H27F2N3O4/c1-35-24-7-4-5-19(11-24)18-36-25-15-31(14-23-6-2-3-8-30-23)27(34)17-32(16-25)26(33)12-20-9-21(28)13-22(29)10-20/h2-11,13,25H,12,14-18H2,1H3/t25-/m0/s1. The topological polar surface area (TPSA) is 72.0 Å². The Kier molecular flexibility index (Phi) is 8.22. The van der Waals surface area contributed by atoms with E-state index >= 15 is 0 Å². The molecule has 9 heteroatoms. The fourth-order valence-electron chi connectivity index (χ4n) is 4.09. The summed E-state index contributed by atoms with van der Waals surface area (Å²) >= 11 is 0. The number of rotatable bonds is 8. The lowest BCUT2D eigenvalue weighted by Gasteiger charge is -2.25. The molecule has 0 bridgehead atoms. The first-order valence-corrected chi connectivity index (χ1v) is 11.5. The van der Waals surface area contributed by atoms with Gasteiger partial charge in [-0.1, -0.05) is 18.2 Å². The van der Waals surface area contributed by atoms with Gasteiger partial charge in [-0.3, -0.25) is 14.6 Å². The summed E-state index contributed by atoms with van der Waals surface area (Å²) < 4.78 is 38.7. The van der Waals surface area contributed by atoms with E-state index in [-0.39, 0.29) is 50.7 Å². The Morgan fingerprint density at radius 2 is 1.83 bits per heavy atom. The third-order valence-corrected chi connectivity index (χ3v) is 5.86. The Bertz CT molecular complexity index is 1190. The predicted octanol–water partition coefficient (Wildman–Crippen LogP) is 3.37. The molecule has 1 aliphatic heterocycles. The van der Waals surface area contributed by atoms with Gasteiger partial charge in [0.1, 0.15) is 17.4 Å². The molecule has 4 rings (SSSR count). The second-order valence-corrected chi connectivity index (χ2v) is 8.61. The fourth-order valence-corrected chi connectivity index (χ4v) is 4.09. The largest absolute Gasteiger partial charge is 0.497 e. The number of hydrogen-bond acceptors (Lipinski definition) is 5. The molecule has 0 radical (unpaired) electrons. The van der Waals surface area contributed by atoms with E-state index in [1.807, 2.05) is 36.4 Å². The number of methoxy groups -OCH3 is 1. The maximum atomic E-state index is 13.6. The zero-order valence-corrected chi connectivity index (χ0v) is 19.9. The summed E-state index contributed by atoms with van der Waals surface area (Å²) in [6.45, 7) is 0.783. The van der Waals surface area contributed by atoms with Gasteiger partial charge in [-0.05, 0) is 47.5 Å². The van der Waals surface area contributed by atoms with E-state index in [9.17, 15) is 18.4 Å². The Balaban J connectivity index is 1.51. The maximum Gasteiger partial charge on any atom is 0.242 e. The van der Waals surface area contributed by atoms with Crippen molar-refractivity contribution in [2.75, 3.05) is 26.7 Å².